The summed E-state index contributed by atoms with van der Waals surface area (Å²) in [7, 11) is 0. The van der Waals surface area contributed by atoms with Gasteiger partial charge in [0.1, 0.15) is 23.0 Å². The van der Waals surface area contributed by atoms with E-state index in [4.69, 9.17) is 23.2 Å². The summed E-state index contributed by atoms with van der Waals surface area (Å²) in [6.07, 6.45) is 2.89. The molecule has 3 aromatic heterocycles. The molecule has 4 aromatic rings. The Morgan fingerprint density at radius 1 is 0.938 bits per heavy atom. The van der Waals surface area contributed by atoms with Crippen molar-refractivity contribution in [3.63, 3.8) is 0 Å². The van der Waals surface area contributed by atoms with Gasteiger partial charge in [0, 0.05) is 36.5 Å². The Bertz CT molecular complexity index is 1210. The summed E-state index contributed by atoms with van der Waals surface area (Å²) in [5.41, 5.74) is 2.47. The molecule has 0 radical (unpaired) electrons. The molecule has 1 aromatic carbocycles. The van der Waals surface area contributed by atoms with Crippen LogP contribution in [0.3, 0.4) is 0 Å². The SMILES string of the molecule is O=[N+]([O-])c1ccc(NCCNc2nccc(-c3ccc(-c4nc(Cl)c(Cl)[nH]4)cc3)n2)nc1. The zero-order valence-electron chi connectivity index (χ0n) is 16.4. The van der Waals surface area contributed by atoms with Crippen LogP contribution >= 0.6 is 23.2 Å². The molecule has 32 heavy (non-hydrogen) atoms. The number of pyridine rings is 1. The second-order valence-corrected chi connectivity index (χ2v) is 7.28. The Labute approximate surface area is 192 Å². The number of H-pyrrole nitrogens is 1. The maximum Gasteiger partial charge on any atom is 0.287 e. The molecule has 0 aliphatic carbocycles. The van der Waals surface area contributed by atoms with Crippen molar-refractivity contribution in [3.05, 3.63) is 75.3 Å². The second-order valence-electron chi connectivity index (χ2n) is 6.55. The van der Waals surface area contributed by atoms with Crippen LogP contribution in [-0.2, 0) is 0 Å². The number of nitro groups is 1. The van der Waals surface area contributed by atoms with E-state index < -0.39 is 4.92 Å². The van der Waals surface area contributed by atoms with E-state index in [2.05, 4.69) is 35.6 Å². The predicted octanol–water partition coefficient (Wildman–Crippen LogP) is 4.67. The van der Waals surface area contributed by atoms with Gasteiger partial charge in [-0.1, -0.05) is 47.5 Å². The highest BCUT2D eigenvalue weighted by atomic mass is 35.5. The zero-order valence-corrected chi connectivity index (χ0v) is 17.9. The highest BCUT2D eigenvalue weighted by Crippen LogP contribution is 2.26. The highest BCUT2D eigenvalue weighted by molar-refractivity contribution is 6.40. The summed E-state index contributed by atoms with van der Waals surface area (Å²) >= 11 is 11.8. The molecule has 0 saturated heterocycles. The van der Waals surface area contributed by atoms with Crippen LogP contribution in [0.4, 0.5) is 17.5 Å². The van der Waals surface area contributed by atoms with Crippen molar-refractivity contribution in [2.24, 2.45) is 0 Å². The Kier molecular flexibility index (Phi) is 6.43. The lowest BCUT2D eigenvalue weighted by Gasteiger charge is -2.08. The third kappa shape index (κ3) is 5.10. The molecular weight excluding hydrogens is 455 g/mol. The number of rotatable bonds is 8. The Balaban J connectivity index is 1.34. The van der Waals surface area contributed by atoms with Gasteiger partial charge in [-0.3, -0.25) is 10.1 Å². The number of aromatic nitrogens is 5. The maximum absolute atomic E-state index is 10.7. The summed E-state index contributed by atoms with van der Waals surface area (Å²) in [5, 5.41) is 17.4. The fourth-order valence-electron chi connectivity index (χ4n) is 2.83. The predicted molar refractivity (Wildman–Crippen MR) is 123 cm³/mol. The minimum Gasteiger partial charge on any atom is -0.368 e. The van der Waals surface area contributed by atoms with Gasteiger partial charge in [-0.2, -0.15) is 0 Å². The van der Waals surface area contributed by atoms with Crippen LogP contribution in [0.1, 0.15) is 0 Å². The van der Waals surface area contributed by atoms with E-state index in [1.807, 2.05) is 30.3 Å². The van der Waals surface area contributed by atoms with Crippen molar-refractivity contribution in [1.82, 2.24) is 24.9 Å². The molecule has 0 aliphatic heterocycles. The fraction of sp³-hybridized carbons (Fsp3) is 0.100. The number of imidazole rings is 1. The quantitative estimate of drug-likeness (QED) is 0.192. The van der Waals surface area contributed by atoms with Gasteiger partial charge < -0.3 is 15.6 Å². The molecular formula is C20H16Cl2N8O2. The van der Waals surface area contributed by atoms with Gasteiger partial charge >= 0.3 is 0 Å². The first-order valence-electron chi connectivity index (χ1n) is 9.42. The Morgan fingerprint density at radius 3 is 2.34 bits per heavy atom. The number of anilines is 2. The van der Waals surface area contributed by atoms with Crippen molar-refractivity contribution in [2.75, 3.05) is 23.7 Å². The van der Waals surface area contributed by atoms with Crippen LogP contribution in [0, 0.1) is 10.1 Å². The van der Waals surface area contributed by atoms with E-state index in [0.29, 0.717) is 35.8 Å². The molecule has 10 nitrogen and oxygen atoms in total. The average Bonchev–Trinajstić information content (AvgIpc) is 3.15. The van der Waals surface area contributed by atoms with Gasteiger partial charge in [-0.15, -0.1) is 0 Å². The summed E-state index contributed by atoms with van der Waals surface area (Å²) in [5.74, 6) is 1.62. The van der Waals surface area contributed by atoms with Crippen LogP contribution in [0.15, 0.2) is 54.9 Å². The van der Waals surface area contributed by atoms with Crippen molar-refractivity contribution < 1.29 is 4.92 Å². The minimum atomic E-state index is -0.488. The van der Waals surface area contributed by atoms with E-state index in [0.717, 1.165) is 16.8 Å². The molecule has 0 bridgehead atoms. The Morgan fingerprint density at radius 2 is 1.69 bits per heavy atom. The number of benzene rings is 1. The van der Waals surface area contributed by atoms with Gasteiger partial charge in [0.15, 0.2) is 5.15 Å². The van der Waals surface area contributed by atoms with E-state index >= 15 is 0 Å². The number of nitrogens with one attached hydrogen (secondary N) is 3. The molecule has 162 valence electrons. The lowest BCUT2D eigenvalue weighted by molar-refractivity contribution is -0.385. The minimum absolute atomic E-state index is 0.0521. The van der Waals surface area contributed by atoms with Gasteiger partial charge in [0.25, 0.3) is 5.69 Å². The molecule has 12 heteroatoms. The molecule has 0 amide bonds. The summed E-state index contributed by atoms with van der Waals surface area (Å²) < 4.78 is 0. The maximum atomic E-state index is 10.7. The molecule has 3 heterocycles. The van der Waals surface area contributed by atoms with Gasteiger partial charge in [-0.05, 0) is 12.1 Å². The smallest absolute Gasteiger partial charge is 0.287 e. The second kappa shape index (κ2) is 9.58. The van der Waals surface area contributed by atoms with Crippen LogP contribution < -0.4 is 10.6 Å². The molecule has 0 unspecified atom stereocenters. The summed E-state index contributed by atoms with van der Waals surface area (Å²) in [6, 6.07) is 12.4. The molecule has 0 aliphatic rings. The van der Waals surface area contributed by atoms with Crippen molar-refractivity contribution >= 4 is 40.7 Å². The first kappa shape index (κ1) is 21.5. The number of hydrogen-bond donors (Lipinski definition) is 3. The lowest BCUT2D eigenvalue weighted by Crippen LogP contribution is -2.15. The van der Waals surface area contributed by atoms with Crippen molar-refractivity contribution in [3.8, 4) is 22.6 Å². The summed E-state index contributed by atoms with van der Waals surface area (Å²) in [6.45, 7) is 1.06. The van der Waals surface area contributed by atoms with Gasteiger partial charge in [-0.25, -0.2) is 19.9 Å². The van der Waals surface area contributed by atoms with Crippen LogP contribution in [0.25, 0.3) is 22.6 Å². The van der Waals surface area contributed by atoms with Crippen molar-refractivity contribution in [2.45, 2.75) is 0 Å². The van der Waals surface area contributed by atoms with E-state index in [-0.39, 0.29) is 10.8 Å². The van der Waals surface area contributed by atoms with E-state index in [1.54, 1.807) is 12.3 Å². The third-order valence-electron chi connectivity index (χ3n) is 4.40. The average molecular weight is 471 g/mol. The monoisotopic (exact) mass is 470 g/mol. The number of aromatic amines is 1. The largest absolute Gasteiger partial charge is 0.368 e. The Hall–Kier alpha value is -3.76. The van der Waals surface area contributed by atoms with Crippen LogP contribution in [-0.4, -0.2) is 42.9 Å². The van der Waals surface area contributed by atoms with Gasteiger partial charge in [0.2, 0.25) is 5.95 Å². The third-order valence-corrected chi connectivity index (χ3v) is 5.05. The fourth-order valence-corrected chi connectivity index (χ4v) is 3.10. The first-order chi connectivity index (χ1) is 15.5. The van der Waals surface area contributed by atoms with Crippen molar-refractivity contribution in [1.29, 1.82) is 0 Å². The molecule has 0 spiro atoms. The van der Waals surface area contributed by atoms with Crippen LogP contribution in [0.2, 0.25) is 10.3 Å². The molecule has 4 rings (SSSR count). The molecule has 0 saturated carbocycles. The highest BCUT2D eigenvalue weighted by Gasteiger charge is 2.09. The lowest BCUT2D eigenvalue weighted by atomic mass is 10.1. The topological polar surface area (TPSA) is 135 Å². The normalized spacial score (nSPS) is 10.7. The molecule has 3 N–H and O–H groups in total. The standard InChI is InChI=1S/C20H16Cl2N8O2/c21-17-18(22)29-19(28-17)13-3-1-12(2-4-13)15-7-8-24-20(27-15)25-10-9-23-16-6-5-14(11-26-16)30(31)32/h1-8,11H,9-10H2,(H,23,26)(H,28,29)(H,24,25,27). The number of hydrogen-bond acceptors (Lipinski definition) is 8. The van der Waals surface area contributed by atoms with Crippen LogP contribution in [0.5, 0.6) is 0 Å². The van der Waals surface area contributed by atoms with E-state index in [1.165, 1.54) is 12.3 Å². The molecule has 0 fully saturated rings. The molecule has 0 atom stereocenters. The van der Waals surface area contributed by atoms with Gasteiger partial charge in [0.05, 0.1) is 10.6 Å². The zero-order chi connectivity index (χ0) is 22.5. The first-order valence-corrected chi connectivity index (χ1v) is 10.2. The number of halogens is 2. The summed E-state index contributed by atoms with van der Waals surface area (Å²) in [4.78, 5) is 30.0. The van der Waals surface area contributed by atoms with E-state index in [9.17, 15) is 10.1 Å². The number of nitrogens with zero attached hydrogens (tertiary/aromatic N) is 5.